The third kappa shape index (κ3) is 3.73. The largest absolute Gasteiger partial charge is 0.350 e. The zero-order chi connectivity index (χ0) is 14.6. The van der Waals surface area contributed by atoms with Crippen molar-refractivity contribution in [2.75, 3.05) is 20.6 Å². The van der Waals surface area contributed by atoms with E-state index in [1.807, 2.05) is 24.3 Å². The number of nitrogens with one attached hydrogen (secondary N) is 1. The first-order valence-corrected chi connectivity index (χ1v) is 8.33. The summed E-state index contributed by atoms with van der Waals surface area (Å²) in [5, 5.41) is 3.13. The Kier molecular flexibility index (Phi) is 5.43. The molecular formula is C16H23IN2O. The van der Waals surface area contributed by atoms with Gasteiger partial charge >= 0.3 is 0 Å². The van der Waals surface area contributed by atoms with Crippen LogP contribution in [0.15, 0.2) is 24.3 Å². The second-order valence-corrected chi connectivity index (χ2v) is 7.12. The van der Waals surface area contributed by atoms with Crippen LogP contribution in [0.25, 0.3) is 0 Å². The van der Waals surface area contributed by atoms with E-state index in [4.69, 9.17) is 0 Å². The minimum absolute atomic E-state index is 0.0373. The topological polar surface area (TPSA) is 32.3 Å². The molecule has 1 N–H and O–H groups in total. The molecule has 20 heavy (non-hydrogen) atoms. The van der Waals surface area contributed by atoms with Crippen LogP contribution in [-0.4, -0.2) is 37.0 Å². The van der Waals surface area contributed by atoms with Gasteiger partial charge in [-0.25, -0.2) is 0 Å². The van der Waals surface area contributed by atoms with E-state index in [2.05, 4.69) is 46.9 Å². The molecule has 1 fully saturated rings. The van der Waals surface area contributed by atoms with Gasteiger partial charge in [-0.05, 0) is 67.7 Å². The van der Waals surface area contributed by atoms with Crippen molar-refractivity contribution in [1.29, 1.82) is 0 Å². The number of amides is 1. The standard InChI is InChI=1S/C16H23IN2O/c1-19(2)16(9-4-3-5-10-16)12-18-15(20)13-7-6-8-14(17)11-13/h6-8,11H,3-5,9-10,12H2,1-2H3,(H,18,20). The highest BCUT2D eigenvalue weighted by molar-refractivity contribution is 14.1. The van der Waals surface area contributed by atoms with Gasteiger partial charge in [0.05, 0.1) is 0 Å². The van der Waals surface area contributed by atoms with E-state index in [9.17, 15) is 4.79 Å². The van der Waals surface area contributed by atoms with E-state index in [0.717, 1.165) is 15.7 Å². The maximum Gasteiger partial charge on any atom is 0.251 e. The van der Waals surface area contributed by atoms with Crippen molar-refractivity contribution < 1.29 is 4.79 Å². The summed E-state index contributed by atoms with van der Waals surface area (Å²) in [6.45, 7) is 0.740. The molecule has 1 aromatic rings. The Morgan fingerprint density at radius 1 is 1.30 bits per heavy atom. The lowest BCUT2D eigenvalue weighted by atomic mass is 9.80. The predicted octanol–water partition coefficient (Wildman–Crippen LogP) is 3.29. The molecule has 1 aliphatic rings. The van der Waals surface area contributed by atoms with Crippen molar-refractivity contribution >= 4 is 28.5 Å². The fourth-order valence-corrected chi connectivity index (χ4v) is 3.51. The summed E-state index contributed by atoms with van der Waals surface area (Å²) in [5.74, 6) is 0.0373. The first kappa shape index (κ1) is 15.8. The summed E-state index contributed by atoms with van der Waals surface area (Å²) in [4.78, 5) is 14.6. The summed E-state index contributed by atoms with van der Waals surface area (Å²) >= 11 is 2.24. The lowest BCUT2D eigenvalue weighted by molar-refractivity contribution is 0.0799. The molecule has 0 spiro atoms. The van der Waals surface area contributed by atoms with E-state index < -0.39 is 0 Å². The molecule has 1 amide bonds. The van der Waals surface area contributed by atoms with Crippen LogP contribution in [0.1, 0.15) is 42.5 Å². The zero-order valence-corrected chi connectivity index (χ0v) is 14.4. The first-order chi connectivity index (χ1) is 9.53. The van der Waals surface area contributed by atoms with Gasteiger partial charge in [-0.2, -0.15) is 0 Å². The molecule has 1 aromatic carbocycles. The van der Waals surface area contributed by atoms with Crippen LogP contribution in [0.2, 0.25) is 0 Å². The zero-order valence-electron chi connectivity index (χ0n) is 12.3. The van der Waals surface area contributed by atoms with E-state index in [1.54, 1.807) is 0 Å². The van der Waals surface area contributed by atoms with Crippen LogP contribution in [0.4, 0.5) is 0 Å². The Bertz CT molecular complexity index is 467. The van der Waals surface area contributed by atoms with E-state index >= 15 is 0 Å². The third-order valence-electron chi connectivity index (χ3n) is 4.40. The van der Waals surface area contributed by atoms with Crippen molar-refractivity contribution in [3.63, 3.8) is 0 Å². The van der Waals surface area contributed by atoms with Crippen molar-refractivity contribution in [2.24, 2.45) is 0 Å². The van der Waals surface area contributed by atoms with Gasteiger partial charge in [0.25, 0.3) is 5.91 Å². The van der Waals surface area contributed by atoms with Gasteiger partial charge < -0.3 is 10.2 Å². The Morgan fingerprint density at radius 3 is 2.60 bits per heavy atom. The molecule has 0 heterocycles. The SMILES string of the molecule is CN(C)C1(CNC(=O)c2cccc(I)c2)CCCCC1. The summed E-state index contributed by atoms with van der Waals surface area (Å²) in [5.41, 5.74) is 0.886. The Morgan fingerprint density at radius 2 is 2.00 bits per heavy atom. The highest BCUT2D eigenvalue weighted by atomic mass is 127. The van der Waals surface area contributed by atoms with E-state index in [1.165, 1.54) is 32.1 Å². The van der Waals surface area contributed by atoms with Crippen LogP contribution >= 0.6 is 22.6 Å². The summed E-state index contributed by atoms with van der Waals surface area (Å²) in [7, 11) is 4.26. The Balaban J connectivity index is 2.00. The maximum absolute atomic E-state index is 12.3. The number of nitrogens with zero attached hydrogens (tertiary/aromatic N) is 1. The molecule has 1 saturated carbocycles. The van der Waals surface area contributed by atoms with Crippen molar-refractivity contribution in [1.82, 2.24) is 10.2 Å². The number of likely N-dealkylation sites (N-methyl/N-ethyl adjacent to an activating group) is 1. The van der Waals surface area contributed by atoms with Gasteiger partial charge in [-0.15, -0.1) is 0 Å². The highest BCUT2D eigenvalue weighted by Gasteiger charge is 2.34. The fourth-order valence-electron chi connectivity index (χ4n) is 2.97. The molecule has 1 aliphatic carbocycles. The second kappa shape index (κ2) is 6.89. The molecule has 0 atom stereocenters. The molecule has 2 rings (SSSR count). The average Bonchev–Trinajstić information content (AvgIpc) is 2.45. The van der Waals surface area contributed by atoms with Crippen molar-refractivity contribution in [2.45, 2.75) is 37.6 Å². The number of carbonyl (C=O) groups is 1. The molecule has 0 saturated heterocycles. The molecule has 3 nitrogen and oxygen atoms in total. The normalized spacial score (nSPS) is 18.0. The van der Waals surface area contributed by atoms with Gasteiger partial charge in [-0.3, -0.25) is 4.79 Å². The second-order valence-electron chi connectivity index (χ2n) is 5.87. The first-order valence-electron chi connectivity index (χ1n) is 7.25. The molecule has 0 bridgehead atoms. The average molecular weight is 386 g/mol. The smallest absolute Gasteiger partial charge is 0.251 e. The molecule has 0 unspecified atom stereocenters. The van der Waals surface area contributed by atoms with Gasteiger partial charge in [-0.1, -0.05) is 25.3 Å². The third-order valence-corrected chi connectivity index (χ3v) is 5.07. The van der Waals surface area contributed by atoms with Crippen molar-refractivity contribution in [3.05, 3.63) is 33.4 Å². The molecule has 110 valence electrons. The summed E-state index contributed by atoms with van der Waals surface area (Å²) < 4.78 is 1.09. The molecule has 0 aliphatic heterocycles. The van der Waals surface area contributed by atoms with Gasteiger partial charge in [0.1, 0.15) is 0 Å². The molecule has 4 heteroatoms. The number of carbonyl (C=O) groups excluding carboxylic acids is 1. The van der Waals surface area contributed by atoms with E-state index in [0.29, 0.717) is 0 Å². The minimum atomic E-state index is 0.0373. The Labute approximate surface area is 135 Å². The summed E-state index contributed by atoms with van der Waals surface area (Å²) in [6.07, 6.45) is 6.19. The monoisotopic (exact) mass is 386 g/mol. The molecule has 0 radical (unpaired) electrons. The van der Waals surface area contributed by atoms with Crippen molar-refractivity contribution in [3.8, 4) is 0 Å². The lowest BCUT2D eigenvalue weighted by Gasteiger charge is -2.43. The van der Waals surface area contributed by atoms with Gasteiger partial charge in [0.2, 0.25) is 0 Å². The highest BCUT2D eigenvalue weighted by Crippen LogP contribution is 2.31. The predicted molar refractivity (Wildman–Crippen MR) is 91.0 cm³/mol. The van der Waals surface area contributed by atoms with Crippen LogP contribution in [0, 0.1) is 3.57 Å². The number of halogens is 1. The van der Waals surface area contributed by atoms with E-state index in [-0.39, 0.29) is 11.4 Å². The minimum Gasteiger partial charge on any atom is -0.350 e. The number of benzene rings is 1. The van der Waals surface area contributed by atoms with Gasteiger partial charge in [0, 0.05) is 21.2 Å². The number of rotatable bonds is 4. The fraction of sp³-hybridized carbons (Fsp3) is 0.562. The Hall–Kier alpha value is -0.620. The lowest BCUT2D eigenvalue weighted by Crippen LogP contribution is -2.53. The number of hydrogen-bond donors (Lipinski definition) is 1. The van der Waals surface area contributed by atoms with Crippen LogP contribution in [0.3, 0.4) is 0 Å². The summed E-state index contributed by atoms with van der Waals surface area (Å²) in [6, 6.07) is 7.73. The molecular weight excluding hydrogens is 363 g/mol. The quantitative estimate of drug-likeness (QED) is 0.806. The van der Waals surface area contributed by atoms with Crippen LogP contribution in [0.5, 0.6) is 0 Å². The number of hydrogen-bond acceptors (Lipinski definition) is 2. The van der Waals surface area contributed by atoms with Gasteiger partial charge in [0.15, 0.2) is 0 Å². The maximum atomic E-state index is 12.3. The van der Waals surface area contributed by atoms with Crippen LogP contribution < -0.4 is 5.32 Å². The molecule has 0 aromatic heterocycles. The van der Waals surface area contributed by atoms with Crippen LogP contribution in [-0.2, 0) is 0 Å².